The van der Waals surface area contributed by atoms with Gasteiger partial charge in [-0.05, 0) is 18.4 Å². The lowest BCUT2D eigenvalue weighted by atomic mass is 9.96. The fraction of sp³-hybridized carbons (Fsp3) is 0.600. The van der Waals surface area contributed by atoms with Gasteiger partial charge < -0.3 is 5.11 Å². The minimum atomic E-state index is 0.162. The molecule has 0 saturated heterocycles. The summed E-state index contributed by atoms with van der Waals surface area (Å²) in [4.78, 5) is 0.422. The Kier molecular flexibility index (Phi) is 4.02. The van der Waals surface area contributed by atoms with E-state index >= 15 is 0 Å². The van der Waals surface area contributed by atoms with Gasteiger partial charge in [0.05, 0.1) is 6.61 Å². The van der Waals surface area contributed by atoms with Crippen LogP contribution in [0, 0.1) is 0 Å². The van der Waals surface area contributed by atoms with E-state index in [4.69, 9.17) is 5.11 Å². The Morgan fingerprint density at radius 2 is 2.42 bits per heavy atom. The van der Waals surface area contributed by atoms with Gasteiger partial charge in [-0.25, -0.2) is 0 Å². The van der Waals surface area contributed by atoms with E-state index in [1.807, 2.05) is 0 Å². The number of allylic oxidation sites excluding steroid dienone is 2. The molecule has 0 aromatic carbocycles. The second kappa shape index (κ2) is 4.83. The van der Waals surface area contributed by atoms with Crippen molar-refractivity contribution in [2.24, 2.45) is 0 Å². The molecular formula is C10H15BrO. The first-order valence-electron chi connectivity index (χ1n) is 4.41. The minimum absolute atomic E-state index is 0.162. The van der Waals surface area contributed by atoms with Crippen LogP contribution in [0.5, 0.6) is 0 Å². The highest BCUT2D eigenvalue weighted by molar-refractivity contribution is 9.09. The smallest absolute Gasteiger partial charge is 0.0679 e. The predicted octanol–water partition coefficient (Wildman–Crippen LogP) is 2.80. The predicted molar refractivity (Wildman–Crippen MR) is 55.5 cm³/mol. The van der Waals surface area contributed by atoms with Crippen LogP contribution in [-0.2, 0) is 0 Å². The highest BCUT2D eigenvalue weighted by atomic mass is 79.9. The van der Waals surface area contributed by atoms with Gasteiger partial charge >= 0.3 is 0 Å². The molecule has 0 aliphatic heterocycles. The van der Waals surface area contributed by atoms with E-state index in [0.717, 1.165) is 18.4 Å². The molecule has 0 radical (unpaired) electrons. The molecule has 68 valence electrons. The second-order valence-corrected chi connectivity index (χ2v) is 4.35. The van der Waals surface area contributed by atoms with E-state index in [2.05, 4.69) is 35.0 Å². The topological polar surface area (TPSA) is 20.2 Å². The number of alkyl halides is 1. The molecule has 0 saturated carbocycles. The first-order valence-corrected chi connectivity index (χ1v) is 5.33. The lowest BCUT2D eigenvalue weighted by Crippen LogP contribution is -2.05. The quantitative estimate of drug-likeness (QED) is 0.740. The van der Waals surface area contributed by atoms with Crippen molar-refractivity contribution < 1.29 is 5.11 Å². The molecule has 1 rings (SSSR count). The highest BCUT2D eigenvalue weighted by Gasteiger charge is 2.11. The summed E-state index contributed by atoms with van der Waals surface area (Å²) < 4.78 is 0. The van der Waals surface area contributed by atoms with Gasteiger partial charge in [0, 0.05) is 4.83 Å². The third-order valence-electron chi connectivity index (χ3n) is 2.00. The zero-order valence-electron chi connectivity index (χ0n) is 7.39. The molecule has 0 amide bonds. The molecule has 1 aliphatic rings. The molecule has 12 heavy (non-hydrogen) atoms. The van der Waals surface area contributed by atoms with Crippen molar-refractivity contribution in [3.63, 3.8) is 0 Å². The van der Waals surface area contributed by atoms with Crippen LogP contribution in [0.3, 0.4) is 0 Å². The van der Waals surface area contributed by atoms with Gasteiger partial charge in [-0.15, -0.1) is 0 Å². The number of aliphatic hydroxyl groups excluding tert-OH is 1. The van der Waals surface area contributed by atoms with Crippen LogP contribution < -0.4 is 0 Å². The number of aliphatic hydroxyl groups is 1. The summed E-state index contributed by atoms with van der Waals surface area (Å²) >= 11 is 3.55. The third kappa shape index (κ3) is 2.76. The molecule has 0 heterocycles. The summed E-state index contributed by atoms with van der Waals surface area (Å²) in [5.41, 5.74) is 2.50. The maximum atomic E-state index is 8.96. The van der Waals surface area contributed by atoms with Crippen LogP contribution in [0.15, 0.2) is 23.3 Å². The van der Waals surface area contributed by atoms with Crippen LogP contribution in [0.4, 0.5) is 0 Å². The zero-order chi connectivity index (χ0) is 8.97. The Balaban J connectivity index is 2.64. The molecule has 0 aromatic heterocycles. The van der Waals surface area contributed by atoms with E-state index in [9.17, 15) is 0 Å². The Morgan fingerprint density at radius 1 is 1.67 bits per heavy atom. The van der Waals surface area contributed by atoms with Gasteiger partial charge in [-0.2, -0.15) is 0 Å². The van der Waals surface area contributed by atoms with Gasteiger partial charge in [0.15, 0.2) is 0 Å². The number of hydrogen-bond acceptors (Lipinski definition) is 1. The van der Waals surface area contributed by atoms with E-state index in [0.29, 0.717) is 4.83 Å². The van der Waals surface area contributed by atoms with Gasteiger partial charge in [0.2, 0.25) is 0 Å². The van der Waals surface area contributed by atoms with Crippen LogP contribution in [0.1, 0.15) is 26.2 Å². The van der Waals surface area contributed by atoms with Crippen molar-refractivity contribution in [3.05, 3.63) is 23.3 Å². The minimum Gasteiger partial charge on any atom is -0.392 e. The van der Waals surface area contributed by atoms with Crippen molar-refractivity contribution in [1.29, 1.82) is 0 Å². The van der Waals surface area contributed by atoms with Gasteiger partial charge in [-0.3, -0.25) is 0 Å². The highest BCUT2D eigenvalue weighted by Crippen LogP contribution is 2.25. The van der Waals surface area contributed by atoms with Crippen molar-refractivity contribution in [2.45, 2.75) is 31.0 Å². The summed E-state index contributed by atoms with van der Waals surface area (Å²) in [6.07, 6.45) is 7.64. The summed E-state index contributed by atoms with van der Waals surface area (Å²) in [5, 5.41) is 8.96. The van der Waals surface area contributed by atoms with Crippen LogP contribution in [0.25, 0.3) is 0 Å². The van der Waals surface area contributed by atoms with Crippen LogP contribution in [0.2, 0.25) is 0 Å². The normalized spacial score (nSPS) is 23.4. The molecule has 2 heteroatoms. The van der Waals surface area contributed by atoms with Gasteiger partial charge in [-0.1, -0.05) is 47.0 Å². The first kappa shape index (κ1) is 10.0. The lowest BCUT2D eigenvalue weighted by molar-refractivity contribution is 0.334. The standard InChI is InChI=1S/C10H15BrO/c1-2-3-8-4-9(7-12)6-10(11)5-8/h4,6,10,12H,2-3,5,7H2,1H3. The number of rotatable bonds is 3. The Morgan fingerprint density at radius 3 is 3.00 bits per heavy atom. The van der Waals surface area contributed by atoms with Crippen molar-refractivity contribution in [2.75, 3.05) is 6.61 Å². The van der Waals surface area contributed by atoms with Crippen LogP contribution >= 0.6 is 15.9 Å². The van der Waals surface area contributed by atoms with E-state index < -0.39 is 0 Å². The van der Waals surface area contributed by atoms with E-state index in [1.165, 1.54) is 12.0 Å². The molecule has 0 aromatic rings. The maximum Gasteiger partial charge on any atom is 0.0679 e. The molecular weight excluding hydrogens is 216 g/mol. The van der Waals surface area contributed by atoms with Crippen molar-refractivity contribution in [1.82, 2.24) is 0 Å². The molecule has 0 spiro atoms. The average molecular weight is 231 g/mol. The Hall–Kier alpha value is -0.0800. The molecule has 1 aliphatic carbocycles. The van der Waals surface area contributed by atoms with E-state index in [-0.39, 0.29) is 6.61 Å². The Bertz CT molecular complexity index is 206. The monoisotopic (exact) mass is 230 g/mol. The second-order valence-electron chi connectivity index (χ2n) is 3.17. The SMILES string of the molecule is CCCC1=CC(CO)=CC(Br)C1. The molecule has 1 atom stereocenters. The number of hydrogen-bond donors (Lipinski definition) is 1. The first-order chi connectivity index (χ1) is 5.76. The van der Waals surface area contributed by atoms with Gasteiger partial charge in [0.25, 0.3) is 0 Å². The fourth-order valence-corrected chi connectivity index (χ4v) is 2.26. The van der Waals surface area contributed by atoms with Gasteiger partial charge in [0.1, 0.15) is 0 Å². The molecule has 1 unspecified atom stereocenters. The van der Waals surface area contributed by atoms with Crippen molar-refractivity contribution >= 4 is 15.9 Å². The summed E-state index contributed by atoms with van der Waals surface area (Å²) in [6.45, 7) is 2.34. The number of halogens is 1. The summed E-state index contributed by atoms with van der Waals surface area (Å²) in [6, 6.07) is 0. The summed E-state index contributed by atoms with van der Waals surface area (Å²) in [7, 11) is 0. The molecule has 0 bridgehead atoms. The zero-order valence-corrected chi connectivity index (χ0v) is 8.97. The Labute approximate surface area is 82.3 Å². The van der Waals surface area contributed by atoms with E-state index in [1.54, 1.807) is 0 Å². The summed E-state index contributed by atoms with van der Waals surface area (Å²) in [5.74, 6) is 0. The third-order valence-corrected chi connectivity index (χ3v) is 2.58. The lowest BCUT2D eigenvalue weighted by Gasteiger charge is -2.16. The maximum absolute atomic E-state index is 8.96. The average Bonchev–Trinajstić information content (AvgIpc) is 2.04. The molecule has 0 fully saturated rings. The fourth-order valence-electron chi connectivity index (χ4n) is 1.50. The molecule has 1 N–H and O–H groups in total. The van der Waals surface area contributed by atoms with Crippen LogP contribution in [-0.4, -0.2) is 16.5 Å². The molecule has 1 nitrogen and oxygen atoms in total. The largest absolute Gasteiger partial charge is 0.392 e. The van der Waals surface area contributed by atoms with Crippen molar-refractivity contribution in [3.8, 4) is 0 Å².